The van der Waals surface area contributed by atoms with Crippen molar-refractivity contribution in [2.75, 3.05) is 5.32 Å². The number of carbonyl (C=O) groups excluding carboxylic acids is 2. The third-order valence-electron chi connectivity index (χ3n) is 4.78. The molecule has 2 aromatic heterocycles. The predicted octanol–water partition coefficient (Wildman–Crippen LogP) is 2.46. The number of imide groups is 1. The van der Waals surface area contributed by atoms with Crippen molar-refractivity contribution in [2.24, 2.45) is 5.92 Å². The summed E-state index contributed by atoms with van der Waals surface area (Å²) in [5, 5.41) is 5.76. The first-order valence-electron chi connectivity index (χ1n) is 8.68. The maximum absolute atomic E-state index is 11.7. The molecule has 132 valence electrons. The molecule has 2 amide bonds. The van der Waals surface area contributed by atoms with Crippen LogP contribution in [0.15, 0.2) is 48.8 Å². The highest BCUT2D eigenvalue weighted by molar-refractivity contribution is 6.03. The zero-order chi connectivity index (χ0) is 18.1. The standard InChI is InChI=1S/C20H20N4O2/c1-13-3-2-8-24-17(12-22-19(13)24)11-21-16-6-4-14(5-7-16)9-15-10-18(25)23-20(15)26/h2-8,12,15,21H,9-11H2,1H3,(H,23,25,26). The quantitative estimate of drug-likeness (QED) is 0.695. The number of rotatable bonds is 5. The van der Waals surface area contributed by atoms with Gasteiger partial charge in [-0.3, -0.25) is 14.9 Å². The summed E-state index contributed by atoms with van der Waals surface area (Å²) >= 11 is 0. The van der Waals surface area contributed by atoms with Gasteiger partial charge in [-0.15, -0.1) is 0 Å². The van der Waals surface area contributed by atoms with Gasteiger partial charge in [0.25, 0.3) is 0 Å². The Hall–Kier alpha value is -3.15. The molecular weight excluding hydrogens is 328 g/mol. The molecule has 1 aliphatic heterocycles. The van der Waals surface area contributed by atoms with Crippen molar-refractivity contribution in [3.8, 4) is 0 Å². The Kier molecular flexibility index (Phi) is 4.16. The smallest absolute Gasteiger partial charge is 0.230 e. The van der Waals surface area contributed by atoms with E-state index in [1.54, 1.807) is 0 Å². The van der Waals surface area contributed by atoms with Gasteiger partial charge >= 0.3 is 0 Å². The number of anilines is 1. The first kappa shape index (κ1) is 16.3. The molecule has 6 nitrogen and oxygen atoms in total. The van der Waals surface area contributed by atoms with Crippen LogP contribution < -0.4 is 10.6 Å². The van der Waals surface area contributed by atoms with Crippen LogP contribution in [0.5, 0.6) is 0 Å². The van der Waals surface area contributed by atoms with E-state index < -0.39 is 0 Å². The fourth-order valence-corrected chi connectivity index (χ4v) is 3.34. The van der Waals surface area contributed by atoms with E-state index in [1.165, 1.54) is 0 Å². The van der Waals surface area contributed by atoms with Crippen molar-refractivity contribution in [1.82, 2.24) is 14.7 Å². The van der Waals surface area contributed by atoms with Crippen LogP contribution >= 0.6 is 0 Å². The molecule has 1 aromatic carbocycles. The van der Waals surface area contributed by atoms with Crippen molar-refractivity contribution in [3.63, 3.8) is 0 Å². The van der Waals surface area contributed by atoms with Gasteiger partial charge < -0.3 is 9.72 Å². The summed E-state index contributed by atoms with van der Waals surface area (Å²) in [4.78, 5) is 27.4. The molecule has 0 radical (unpaired) electrons. The molecule has 3 aromatic rings. The van der Waals surface area contributed by atoms with Crippen LogP contribution in [0.3, 0.4) is 0 Å². The molecule has 0 aliphatic carbocycles. The minimum absolute atomic E-state index is 0.167. The highest BCUT2D eigenvalue weighted by Gasteiger charge is 2.30. The number of amides is 2. The van der Waals surface area contributed by atoms with E-state index in [0.29, 0.717) is 13.0 Å². The molecule has 0 bridgehead atoms. The predicted molar refractivity (Wildman–Crippen MR) is 98.7 cm³/mol. The van der Waals surface area contributed by atoms with Gasteiger partial charge in [0.05, 0.1) is 24.4 Å². The highest BCUT2D eigenvalue weighted by Crippen LogP contribution is 2.19. The van der Waals surface area contributed by atoms with Crippen LogP contribution in [-0.2, 0) is 22.6 Å². The fraction of sp³-hybridized carbons (Fsp3) is 0.250. The van der Waals surface area contributed by atoms with E-state index in [0.717, 1.165) is 28.2 Å². The van der Waals surface area contributed by atoms with Gasteiger partial charge in [0.15, 0.2) is 0 Å². The van der Waals surface area contributed by atoms with E-state index in [4.69, 9.17) is 0 Å². The molecule has 3 heterocycles. The largest absolute Gasteiger partial charge is 0.379 e. The number of aryl methyl sites for hydroxylation is 1. The topological polar surface area (TPSA) is 75.5 Å². The summed E-state index contributed by atoms with van der Waals surface area (Å²) in [6.07, 6.45) is 4.78. The SMILES string of the molecule is Cc1cccn2c(CNc3ccc(CC4CC(=O)NC4=O)cc3)cnc12. The highest BCUT2D eigenvalue weighted by atomic mass is 16.2. The Balaban J connectivity index is 1.40. The van der Waals surface area contributed by atoms with E-state index in [-0.39, 0.29) is 24.2 Å². The number of hydrogen-bond acceptors (Lipinski definition) is 4. The van der Waals surface area contributed by atoms with Gasteiger partial charge in [-0.2, -0.15) is 0 Å². The Bertz CT molecular complexity index is 975. The molecule has 0 spiro atoms. The zero-order valence-electron chi connectivity index (χ0n) is 14.5. The molecule has 26 heavy (non-hydrogen) atoms. The van der Waals surface area contributed by atoms with Crippen molar-refractivity contribution < 1.29 is 9.59 Å². The lowest BCUT2D eigenvalue weighted by Gasteiger charge is -2.09. The van der Waals surface area contributed by atoms with E-state index >= 15 is 0 Å². The molecule has 1 unspecified atom stereocenters. The van der Waals surface area contributed by atoms with Gasteiger partial charge in [-0.05, 0) is 42.7 Å². The van der Waals surface area contributed by atoms with Crippen LogP contribution in [0.4, 0.5) is 5.69 Å². The average Bonchev–Trinajstić information content (AvgIpc) is 3.18. The number of nitrogens with one attached hydrogen (secondary N) is 2. The maximum atomic E-state index is 11.7. The monoisotopic (exact) mass is 348 g/mol. The lowest BCUT2D eigenvalue weighted by atomic mass is 9.98. The Morgan fingerprint density at radius 3 is 2.77 bits per heavy atom. The summed E-state index contributed by atoms with van der Waals surface area (Å²) in [6, 6.07) is 12.1. The van der Waals surface area contributed by atoms with Gasteiger partial charge in [0.1, 0.15) is 5.65 Å². The van der Waals surface area contributed by atoms with Gasteiger partial charge in [0.2, 0.25) is 11.8 Å². The first-order chi connectivity index (χ1) is 12.6. The molecule has 1 saturated heterocycles. The van der Waals surface area contributed by atoms with Crippen LogP contribution in [0.2, 0.25) is 0 Å². The number of carbonyl (C=O) groups is 2. The van der Waals surface area contributed by atoms with E-state index in [1.807, 2.05) is 42.7 Å². The Morgan fingerprint density at radius 2 is 2.04 bits per heavy atom. The third kappa shape index (κ3) is 3.18. The molecule has 0 saturated carbocycles. The summed E-state index contributed by atoms with van der Waals surface area (Å²) in [6.45, 7) is 2.72. The van der Waals surface area contributed by atoms with E-state index in [2.05, 4.69) is 33.0 Å². The summed E-state index contributed by atoms with van der Waals surface area (Å²) < 4.78 is 2.09. The van der Waals surface area contributed by atoms with Crippen LogP contribution in [-0.4, -0.2) is 21.2 Å². The number of nitrogens with zero attached hydrogens (tertiary/aromatic N) is 2. The summed E-state index contributed by atoms with van der Waals surface area (Å²) in [5.41, 5.74) is 5.27. The molecule has 4 rings (SSSR count). The van der Waals surface area contributed by atoms with Crippen LogP contribution in [0.1, 0.15) is 23.2 Å². The minimum Gasteiger partial charge on any atom is -0.379 e. The molecule has 1 fully saturated rings. The normalized spacial score (nSPS) is 16.9. The van der Waals surface area contributed by atoms with Gasteiger partial charge in [0, 0.05) is 18.3 Å². The lowest BCUT2D eigenvalue weighted by Crippen LogP contribution is -2.22. The van der Waals surface area contributed by atoms with E-state index in [9.17, 15) is 9.59 Å². The number of pyridine rings is 1. The first-order valence-corrected chi connectivity index (χ1v) is 8.68. The maximum Gasteiger partial charge on any atom is 0.230 e. The van der Waals surface area contributed by atoms with Gasteiger partial charge in [-0.1, -0.05) is 18.2 Å². The Morgan fingerprint density at radius 1 is 1.23 bits per heavy atom. The van der Waals surface area contributed by atoms with Gasteiger partial charge in [-0.25, -0.2) is 4.98 Å². The minimum atomic E-state index is -0.247. The molecule has 1 aliphatic rings. The second-order valence-electron chi connectivity index (χ2n) is 6.70. The number of benzene rings is 1. The summed E-state index contributed by atoms with van der Waals surface area (Å²) in [7, 11) is 0. The van der Waals surface area contributed by atoms with Crippen molar-refractivity contribution in [2.45, 2.75) is 26.3 Å². The van der Waals surface area contributed by atoms with Crippen LogP contribution in [0.25, 0.3) is 5.65 Å². The Labute approximate surface area is 151 Å². The second-order valence-corrected chi connectivity index (χ2v) is 6.70. The number of imidazole rings is 1. The van der Waals surface area contributed by atoms with Crippen LogP contribution in [0, 0.1) is 12.8 Å². The molecule has 6 heteroatoms. The average molecular weight is 348 g/mol. The molecular formula is C20H20N4O2. The number of hydrogen-bond donors (Lipinski definition) is 2. The van der Waals surface area contributed by atoms with Crippen molar-refractivity contribution in [1.29, 1.82) is 0 Å². The molecule has 1 atom stereocenters. The molecule has 2 N–H and O–H groups in total. The summed E-state index contributed by atoms with van der Waals surface area (Å²) in [5.74, 6) is -0.593. The van der Waals surface area contributed by atoms with Crippen molar-refractivity contribution in [3.05, 3.63) is 65.6 Å². The fourth-order valence-electron chi connectivity index (χ4n) is 3.34. The number of aromatic nitrogens is 2. The second kappa shape index (κ2) is 6.63. The number of fused-ring (bicyclic) bond motifs is 1. The van der Waals surface area contributed by atoms with Crippen molar-refractivity contribution >= 4 is 23.1 Å². The zero-order valence-corrected chi connectivity index (χ0v) is 14.5. The third-order valence-corrected chi connectivity index (χ3v) is 4.78. The lowest BCUT2D eigenvalue weighted by molar-refractivity contribution is -0.125.